The Morgan fingerprint density at radius 2 is 2.22 bits per heavy atom. The summed E-state index contributed by atoms with van der Waals surface area (Å²) in [6.07, 6.45) is 7.47. The van der Waals surface area contributed by atoms with Crippen LogP contribution in [0.15, 0.2) is 17.1 Å². The number of Topliss-reactive ketones (excluding diaryl/α,β-unsaturated/α-hetero) is 1. The molecule has 0 radical (unpaired) electrons. The number of nitrogens with zero attached hydrogens (tertiary/aromatic N) is 2. The minimum Gasteiger partial charge on any atom is -0.451 e. The van der Waals surface area contributed by atoms with Gasteiger partial charge in [-0.15, -0.1) is 0 Å². The molecule has 1 saturated carbocycles. The van der Waals surface area contributed by atoms with E-state index >= 15 is 0 Å². The number of hydrogen-bond acceptors (Lipinski definition) is 5. The van der Waals surface area contributed by atoms with Gasteiger partial charge in [-0.05, 0) is 18.8 Å². The number of oxazole rings is 1. The molecule has 1 atom stereocenters. The third-order valence-corrected chi connectivity index (χ3v) is 3.59. The molecule has 0 N–H and O–H groups in total. The molecule has 1 fully saturated rings. The second-order valence-corrected chi connectivity index (χ2v) is 4.76. The van der Waals surface area contributed by atoms with Gasteiger partial charge in [0, 0.05) is 4.92 Å². The molecule has 0 amide bonds. The van der Waals surface area contributed by atoms with Gasteiger partial charge in [0.2, 0.25) is 6.54 Å². The molecular formula is C12H16N2O4. The molecule has 1 aromatic heterocycles. The number of carbonyl (C=O) groups is 1. The van der Waals surface area contributed by atoms with Gasteiger partial charge >= 0.3 is 0 Å². The zero-order chi connectivity index (χ0) is 13.0. The van der Waals surface area contributed by atoms with E-state index in [1.807, 2.05) is 0 Å². The van der Waals surface area contributed by atoms with Crippen LogP contribution in [0.5, 0.6) is 0 Å². The Morgan fingerprint density at radius 1 is 1.50 bits per heavy atom. The summed E-state index contributed by atoms with van der Waals surface area (Å²) in [6.45, 7) is -0.309. The van der Waals surface area contributed by atoms with Crippen molar-refractivity contribution in [3.05, 3.63) is 28.5 Å². The minimum atomic E-state index is -0.564. The Kier molecular flexibility index (Phi) is 4.07. The van der Waals surface area contributed by atoms with Crippen LogP contribution in [-0.2, 0) is 0 Å². The Morgan fingerprint density at radius 3 is 2.78 bits per heavy atom. The van der Waals surface area contributed by atoms with E-state index in [0.29, 0.717) is 0 Å². The number of ketones is 1. The van der Waals surface area contributed by atoms with E-state index in [1.54, 1.807) is 0 Å². The first-order chi connectivity index (χ1) is 8.68. The lowest BCUT2D eigenvalue weighted by atomic mass is 9.77. The molecule has 0 saturated heterocycles. The number of nitro groups is 1. The van der Waals surface area contributed by atoms with Crippen molar-refractivity contribution >= 4 is 5.78 Å². The second-order valence-electron chi connectivity index (χ2n) is 4.76. The number of hydrogen-bond donors (Lipinski definition) is 0. The van der Waals surface area contributed by atoms with Gasteiger partial charge in [0.05, 0.1) is 5.92 Å². The van der Waals surface area contributed by atoms with Crippen LogP contribution in [0, 0.1) is 22.0 Å². The van der Waals surface area contributed by atoms with Gasteiger partial charge in [0.1, 0.15) is 12.0 Å². The SMILES string of the molecule is O=C(c1cocn1)C(C[N+](=O)[O-])C1CCCCC1. The Bertz CT molecular complexity index is 410. The fourth-order valence-electron chi connectivity index (χ4n) is 2.67. The van der Waals surface area contributed by atoms with Crippen LogP contribution in [0.2, 0.25) is 0 Å². The van der Waals surface area contributed by atoms with Gasteiger partial charge in [0.25, 0.3) is 0 Å². The van der Waals surface area contributed by atoms with Crippen LogP contribution in [-0.4, -0.2) is 22.2 Å². The summed E-state index contributed by atoms with van der Waals surface area (Å²) in [5.41, 5.74) is 0.201. The molecule has 6 heteroatoms. The quantitative estimate of drug-likeness (QED) is 0.456. The van der Waals surface area contributed by atoms with Crippen molar-refractivity contribution in [1.82, 2.24) is 4.98 Å². The van der Waals surface area contributed by atoms with Crippen molar-refractivity contribution < 1.29 is 14.1 Å². The van der Waals surface area contributed by atoms with Crippen LogP contribution in [0.4, 0.5) is 0 Å². The van der Waals surface area contributed by atoms with E-state index < -0.39 is 10.8 Å². The highest BCUT2D eigenvalue weighted by Gasteiger charge is 2.35. The molecule has 1 heterocycles. The Hall–Kier alpha value is -1.72. The molecule has 98 valence electrons. The Labute approximate surface area is 105 Å². The maximum atomic E-state index is 12.2. The zero-order valence-corrected chi connectivity index (χ0v) is 10.1. The van der Waals surface area contributed by atoms with Gasteiger partial charge in [-0.1, -0.05) is 19.3 Å². The molecule has 18 heavy (non-hydrogen) atoms. The highest BCUT2D eigenvalue weighted by atomic mass is 16.6. The van der Waals surface area contributed by atoms with Gasteiger partial charge in [-0.2, -0.15) is 0 Å². The van der Waals surface area contributed by atoms with Gasteiger partial charge in [0.15, 0.2) is 12.2 Å². The lowest BCUT2D eigenvalue weighted by Gasteiger charge is -2.26. The lowest BCUT2D eigenvalue weighted by molar-refractivity contribution is -0.487. The van der Waals surface area contributed by atoms with E-state index in [9.17, 15) is 14.9 Å². The molecule has 2 rings (SSSR count). The van der Waals surface area contributed by atoms with Crippen molar-refractivity contribution in [2.24, 2.45) is 11.8 Å². The van der Waals surface area contributed by atoms with Crippen molar-refractivity contribution in [3.63, 3.8) is 0 Å². The number of carbonyl (C=O) groups excluding carboxylic acids is 1. The number of aromatic nitrogens is 1. The molecule has 0 aliphatic heterocycles. The van der Waals surface area contributed by atoms with Crippen LogP contribution in [0.1, 0.15) is 42.6 Å². The highest BCUT2D eigenvalue weighted by Crippen LogP contribution is 2.31. The first kappa shape index (κ1) is 12.7. The van der Waals surface area contributed by atoms with Crippen LogP contribution < -0.4 is 0 Å². The maximum absolute atomic E-state index is 12.2. The van der Waals surface area contributed by atoms with Crippen LogP contribution in [0.3, 0.4) is 0 Å². The third kappa shape index (κ3) is 2.94. The molecule has 1 aromatic rings. The van der Waals surface area contributed by atoms with Crippen molar-refractivity contribution in [2.75, 3.05) is 6.54 Å². The summed E-state index contributed by atoms with van der Waals surface area (Å²) in [6, 6.07) is 0. The largest absolute Gasteiger partial charge is 0.451 e. The third-order valence-electron chi connectivity index (χ3n) is 3.59. The van der Waals surface area contributed by atoms with Crippen LogP contribution in [0.25, 0.3) is 0 Å². The molecule has 1 unspecified atom stereocenters. The predicted octanol–water partition coefficient (Wildman–Crippen LogP) is 2.33. The van der Waals surface area contributed by atoms with Crippen molar-refractivity contribution in [1.29, 1.82) is 0 Å². The summed E-state index contributed by atoms with van der Waals surface area (Å²) >= 11 is 0. The molecule has 0 aromatic carbocycles. The molecular weight excluding hydrogens is 236 g/mol. The molecule has 0 spiro atoms. The van der Waals surface area contributed by atoms with E-state index in [1.165, 1.54) is 12.7 Å². The predicted molar refractivity (Wildman–Crippen MR) is 62.8 cm³/mol. The number of rotatable bonds is 5. The maximum Gasteiger partial charge on any atom is 0.214 e. The first-order valence-electron chi connectivity index (χ1n) is 6.22. The van der Waals surface area contributed by atoms with Gasteiger partial charge in [-0.3, -0.25) is 14.9 Å². The Balaban J connectivity index is 2.13. The van der Waals surface area contributed by atoms with Crippen molar-refractivity contribution in [2.45, 2.75) is 32.1 Å². The molecule has 1 aliphatic rings. The summed E-state index contributed by atoms with van der Waals surface area (Å²) in [7, 11) is 0. The zero-order valence-electron chi connectivity index (χ0n) is 10.1. The average Bonchev–Trinajstić information content (AvgIpc) is 2.90. The fourth-order valence-corrected chi connectivity index (χ4v) is 2.67. The minimum absolute atomic E-state index is 0.105. The topological polar surface area (TPSA) is 86.2 Å². The average molecular weight is 252 g/mol. The van der Waals surface area contributed by atoms with E-state index in [2.05, 4.69) is 4.98 Å². The lowest BCUT2D eigenvalue weighted by Crippen LogP contribution is -2.32. The van der Waals surface area contributed by atoms with E-state index in [4.69, 9.17) is 4.42 Å². The van der Waals surface area contributed by atoms with Gasteiger partial charge in [-0.25, -0.2) is 4.98 Å². The second kappa shape index (κ2) is 5.75. The van der Waals surface area contributed by atoms with Gasteiger partial charge < -0.3 is 4.42 Å². The van der Waals surface area contributed by atoms with E-state index in [0.717, 1.165) is 32.1 Å². The van der Waals surface area contributed by atoms with Crippen LogP contribution >= 0.6 is 0 Å². The fraction of sp³-hybridized carbons (Fsp3) is 0.667. The first-order valence-corrected chi connectivity index (χ1v) is 6.22. The summed E-state index contributed by atoms with van der Waals surface area (Å²) < 4.78 is 4.78. The standard InChI is InChI=1S/C12H16N2O4/c15-12(11-7-18-8-13-11)10(6-14(16)17)9-4-2-1-3-5-9/h7-10H,1-6H2. The summed E-state index contributed by atoms with van der Waals surface area (Å²) in [5.74, 6) is -0.717. The van der Waals surface area contributed by atoms with E-state index in [-0.39, 0.29) is 23.9 Å². The summed E-state index contributed by atoms with van der Waals surface area (Å²) in [4.78, 5) is 26.3. The smallest absolute Gasteiger partial charge is 0.214 e. The summed E-state index contributed by atoms with van der Waals surface area (Å²) in [5, 5.41) is 10.7. The highest BCUT2D eigenvalue weighted by molar-refractivity contribution is 5.96. The normalized spacial score (nSPS) is 18.4. The van der Waals surface area contributed by atoms with Crippen molar-refractivity contribution in [3.8, 4) is 0 Å². The molecule has 1 aliphatic carbocycles. The molecule has 0 bridgehead atoms. The monoisotopic (exact) mass is 252 g/mol. The molecule has 6 nitrogen and oxygen atoms in total.